The van der Waals surface area contributed by atoms with Gasteiger partial charge >= 0.3 is 0 Å². The summed E-state index contributed by atoms with van der Waals surface area (Å²) in [5.74, 6) is -1.47. The van der Waals surface area contributed by atoms with Crippen molar-refractivity contribution < 1.29 is 18.8 Å². The number of rotatable bonds is 2. The normalized spacial score (nSPS) is 19.7. The first-order chi connectivity index (χ1) is 8.51. The first kappa shape index (κ1) is 12.2. The van der Waals surface area contributed by atoms with Gasteiger partial charge in [0.15, 0.2) is 0 Å². The van der Waals surface area contributed by atoms with Crippen LogP contribution in [0.25, 0.3) is 0 Å². The summed E-state index contributed by atoms with van der Waals surface area (Å²) >= 11 is 0. The maximum absolute atomic E-state index is 13.3. The van der Waals surface area contributed by atoms with Crippen molar-refractivity contribution in [2.75, 3.05) is 11.4 Å². The molecular weight excluding hydrogens is 239 g/mol. The van der Waals surface area contributed by atoms with E-state index in [2.05, 4.69) is 5.32 Å². The van der Waals surface area contributed by atoms with Crippen molar-refractivity contribution in [3.63, 3.8) is 0 Å². The number of halogens is 1. The Morgan fingerprint density at radius 3 is 2.78 bits per heavy atom. The van der Waals surface area contributed by atoms with Crippen LogP contribution in [0.4, 0.5) is 10.1 Å². The molecular formula is C12H11FN2O3. The fraction of sp³-hybridized carbons (Fsp3) is 0.250. The first-order valence-corrected chi connectivity index (χ1v) is 5.37. The molecule has 0 radical (unpaired) electrons. The van der Waals surface area contributed by atoms with Gasteiger partial charge in [0, 0.05) is 11.3 Å². The average molecular weight is 250 g/mol. The number of nitrogens with zero attached hydrogens (tertiary/aromatic N) is 1. The highest BCUT2D eigenvalue weighted by atomic mass is 19.1. The second-order valence-electron chi connectivity index (χ2n) is 4.08. The largest absolute Gasteiger partial charge is 0.350 e. The number of hydrogen-bond acceptors (Lipinski definition) is 4. The fourth-order valence-corrected chi connectivity index (χ4v) is 1.86. The number of piperazine rings is 1. The molecule has 2 rings (SSSR count). The summed E-state index contributed by atoms with van der Waals surface area (Å²) in [5.41, 5.74) is 0.503. The minimum Gasteiger partial charge on any atom is -0.350 e. The number of carbonyl (C=O) groups excluding carboxylic acids is 3. The second kappa shape index (κ2) is 4.56. The van der Waals surface area contributed by atoms with Gasteiger partial charge in [-0.15, -0.1) is 0 Å². The maximum Gasteiger partial charge on any atom is 0.249 e. The number of amides is 2. The minimum atomic E-state index is -0.594. The molecule has 0 bridgehead atoms. The number of imide groups is 1. The zero-order valence-electron chi connectivity index (χ0n) is 9.64. The lowest BCUT2D eigenvalue weighted by molar-refractivity contribution is -0.132. The summed E-state index contributed by atoms with van der Waals surface area (Å²) in [6.07, 6.45) is 0.517. The third-order valence-corrected chi connectivity index (χ3v) is 2.80. The maximum atomic E-state index is 13.3. The van der Waals surface area contributed by atoms with Gasteiger partial charge in [-0.25, -0.2) is 4.39 Å². The van der Waals surface area contributed by atoms with Crippen molar-refractivity contribution in [2.45, 2.75) is 13.0 Å². The van der Waals surface area contributed by atoms with Crippen LogP contribution in [0.1, 0.15) is 17.3 Å². The Morgan fingerprint density at radius 1 is 1.39 bits per heavy atom. The molecule has 0 aliphatic carbocycles. The van der Waals surface area contributed by atoms with Gasteiger partial charge in [0.2, 0.25) is 11.8 Å². The van der Waals surface area contributed by atoms with Gasteiger partial charge in [-0.1, -0.05) is 0 Å². The number of benzene rings is 1. The zero-order valence-corrected chi connectivity index (χ0v) is 9.64. The van der Waals surface area contributed by atoms with Crippen LogP contribution in [-0.4, -0.2) is 30.7 Å². The molecule has 1 aromatic carbocycles. The van der Waals surface area contributed by atoms with Crippen LogP contribution >= 0.6 is 0 Å². The summed E-state index contributed by atoms with van der Waals surface area (Å²) in [5, 5.41) is 2.19. The highest BCUT2D eigenvalue weighted by molar-refractivity contribution is 6.04. The monoisotopic (exact) mass is 250 g/mol. The Labute approximate surface area is 103 Å². The molecule has 1 aliphatic heterocycles. The van der Waals surface area contributed by atoms with Crippen LogP contribution in [0, 0.1) is 5.82 Å². The Bertz CT molecular complexity index is 530. The fourth-order valence-electron chi connectivity index (χ4n) is 1.86. The van der Waals surface area contributed by atoms with E-state index in [1.54, 1.807) is 6.92 Å². The van der Waals surface area contributed by atoms with E-state index in [9.17, 15) is 18.8 Å². The molecule has 1 saturated heterocycles. The predicted molar refractivity (Wildman–Crippen MR) is 61.7 cm³/mol. The quantitative estimate of drug-likeness (QED) is 0.612. The standard InChI is InChI=1S/C12H11FN2O3/c1-7-12(18)14-11(17)5-15(7)10-3-8(6-16)2-9(13)4-10/h2-4,6-7H,5H2,1H3,(H,14,17,18). The van der Waals surface area contributed by atoms with Crippen molar-refractivity contribution in [1.82, 2.24) is 5.32 Å². The third-order valence-electron chi connectivity index (χ3n) is 2.80. The Balaban J connectivity index is 2.40. The molecule has 0 saturated carbocycles. The molecule has 0 spiro atoms. The van der Waals surface area contributed by atoms with Crippen LogP contribution in [0.15, 0.2) is 18.2 Å². The molecule has 1 N–H and O–H groups in total. The van der Waals surface area contributed by atoms with Gasteiger partial charge in [-0.2, -0.15) is 0 Å². The van der Waals surface area contributed by atoms with Crippen LogP contribution in [0.2, 0.25) is 0 Å². The summed E-state index contributed by atoms with van der Waals surface area (Å²) in [6.45, 7) is 1.56. The first-order valence-electron chi connectivity index (χ1n) is 5.37. The molecule has 0 aromatic heterocycles. The van der Waals surface area contributed by atoms with E-state index in [1.807, 2.05) is 0 Å². The number of nitrogens with one attached hydrogen (secondary N) is 1. The van der Waals surface area contributed by atoms with Crippen molar-refractivity contribution in [3.05, 3.63) is 29.6 Å². The Morgan fingerprint density at radius 2 is 2.11 bits per heavy atom. The van der Waals surface area contributed by atoms with E-state index in [0.717, 1.165) is 6.07 Å². The van der Waals surface area contributed by atoms with Crippen molar-refractivity contribution in [2.24, 2.45) is 0 Å². The van der Waals surface area contributed by atoms with Crippen LogP contribution < -0.4 is 10.2 Å². The molecule has 1 atom stereocenters. The summed E-state index contributed by atoms with van der Waals surface area (Å²) in [7, 11) is 0. The lowest BCUT2D eigenvalue weighted by Crippen LogP contribution is -2.57. The molecule has 1 aliphatic rings. The van der Waals surface area contributed by atoms with Crippen molar-refractivity contribution >= 4 is 23.8 Å². The molecule has 1 fully saturated rings. The number of hydrogen-bond donors (Lipinski definition) is 1. The lowest BCUT2D eigenvalue weighted by atomic mass is 10.1. The van der Waals surface area contributed by atoms with Crippen molar-refractivity contribution in [3.8, 4) is 0 Å². The van der Waals surface area contributed by atoms with Crippen molar-refractivity contribution in [1.29, 1.82) is 0 Å². The number of anilines is 1. The third kappa shape index (κ3) is 2.22. The summed E-state index contributed by atoms with van der Waals surface area (Å²) in [4.78, 5) is 34.9. The van der Waals surface area contributed by atoms with E-state index < -0.39 is 23.7 Å². The topological polar surface area (TPSA) is 66.5 Å². The molecule has 94 valence electrons. The summed E-state index contributed by atoms with van der Waals surface area (Å²) in [6, 6.07) is 3.13. The van der Waals surface area contributed by atoms with E-state index in [1.165, 1.54) is 17.0 Å². The predicted octanol–water partition coefficient (Wildman–Crippen LogP) is 0.490. The zero-order chi connectivity index (χ0) is 13.3. The minimum absolute atomic E-state index is 0.0470. The molecule has 5 nitrogen and oxygen atoms in total. The van der Waals surface area contributed by atoms with E-state index >= 15 is 0 Å². The molecule has 18 heavy (non-hydrogen) atoms. The van der Waals surface area contributed by atoms with Gasteiger partial charge < -0.3 is 4.90 Å². The number of carbonyl (C=O) groups is 3. The van der Waals surface area contributed by atoms with Crippen LogP contribution in [-0.2, 0) is 9.59 Å². The van der Waals surface area contributed by atoms with E-state index in [4.69, 9.17) is 0 Å². The van der Waals surface area contributed by atoms with E-state index in [-0.39, 0.29) is 12.1 Å². The highest BCUT2D eigenvalue weighted by Gasteiger charge is 2.30. The molecule has 1 aromatic rings. The number of aldehydes is 1. The SMILES string of the molecule is CC1C(=O)NC(=O)CN1c1cc(F)cc(C=O)c1. The summed E-state index contributed by atoms with van der Waals surface area (Å²) < 4.78 is 13.3. The van der Waals surface area contributed by atoms with Crippen LogP contribution in [0.5, 0.6) is 0 Å². The Kier molecular flexibility index (Phi) is 3.10. The van der Waals surface area contributed by atoms with E-state index in [0.29, 0.717) is 12.0 Å². The molecule has 2 amide bonds. The molecule has 6 heteroatoms. The Hall–Kier alpha value is -2.24. The van der Waals surface area contributed by atoms with Crippen LogP contribution in [0.3, 0.4) is 0 Å². The van der Waals surface area contributed by atoms with Gasteiger partial charge in [0.1, 0.15) is 18.1 Å². The van der Waals surface area contributed by atoms with Gasteiger partial charge in [0.05, 0.1) is 6.54 Å². The highest BCUT2D eigenvalue weighted by Crippen LogP contribution is 2.21. The molecule has 1 heterocycles. The smallest absolute Gasteiger partial charge is 0.249 e. The van der Waals surface area contributed by atoms with Gasteiger partial charge in [-0.3, -0.25) is 19.7 Å². The van der Waals surface area contributed by atoms with Gasteiger partial charge in [0.25, 0.3) is 0 Å². The molecule has 1 unspecified atom stereocenters. The average Bonchev–Trinajstić information content (AvgIpc) is 2.32. The lowest BCUT2D eigenvalue weighted by Gasteiger charge is -2.33. The van der Waals surface area contributed by atoms with Gasteiger partial charge in [-0.05, 0) is 25.1 Å². The second-order valence-corrected chi connectivity index (χ2v) is 4.08.